The fourth-order valence-corrected chi connectivity index (χ4v) is 1.17. The van der Waals surface area contributed by atoms with Gasteiger partial charge in [-0.1, -0.05) is 0 Å². The van der Waals surface area contributed by atoms with Gasteiger partial charge in [0.05, 0.1) is 26.9 Å². The molecule has 12 nitrogen and oxygen atoms in total. The van der Waals surface area contributed by atoms with Crippen LogP contribution < -0.4 is 11.0 Å². The summed E-state index contributed by atoms with van der Waals surface area (Å²) in [6.45, 7) is 0. The molecule has 0 atom stereocenters. The lowest BCUT2D eigenvalue weighted by atomic mass is 10.2. The van der Waals surface area contributed by atoms with Gasteiger partial charge in [0.1, 0.15) is 0 Å². The number of rotatable bonds is 5. The third-order valence-corrected chi connectivity index (χ3v) is 1.87. The molecule has 1 aromatic rings. The second-order valence-corrected chi connectivity index (χ2v) is 2.87. The lowest BCUT2D eigenvalue weighted by molar-refractivity contribution is -0.402. The van der Waals surface area contributed by atoms with Gasteiger partial charge in [-0.2, -0.15) is 0 Å². The summed E-state index contributed by atoms with van der Waals surface area (Å²) < 4.78 is 0. The third kappa shape index (κ3) is 2.45. The molecule has 0 saturated heterocycles. The molecule has 1 aromatic carbocycles. The Hall–Kier alpha value is -2.86. The Bertz CT molecular complexity index is 494. The zero-order chi connectivity index (χ0) is 13.9. The molecular formula is C6H5N5O7. The number of nitro benzene ring substituents is 3. The lowest BCUT2D eigenvalue weighted by Gasteiger charge is -2.04. The fraction of sp³-hybridized carbons (Fsp3) is 0. The number of hydrazine groups is 1. The van der Waals surface area contributed by atoms with Gasteiger partial charge in [0, 0.05) is 0 Å². The van der Waals surface area contributed by atoms with Crippen molar-refractivity contribution < 1.29 is 20.0 Å². The standard InChI is InChI=1S/C6H5N5O7/c12-8-7-6-4(10(15)16)1-3(9(13)14)2-5(6)11(17)18/h1-2,7-8,12H. The minimum atomic E-state index is -1.06. The monoisotopic (exact) mass is 259 g/mol. The Morgan fingerprint density at radius 2 is 1.39 bits per heavy atom. The minimum Gasteiger partial charge on any atom is -0.297 e. The molecule has 0 spiro atoms. The van der Waals surface area contributed by atoms with Crippen molar-refractivity contribution in [3.8, 4) is 0 Å². The van der Waals surface area contributed by atoms with Crippen LogP contribution in [0.2, 0.25) is 0 Å². The van der Waals surface area contributed by atoms with Gasteiger partial charge in [-0.15, -0.1) is 5.59 Å². The minimum absolute atomic E-state index is 0.534. The summed E-state index contributed by atoms with van der Waals surface area (Å²) in [4.78, 5) is 28.7. The second kappa shape index (κ2) is 4.98. The highest BCUT2D eigenvalue weighted by atomic mass is 16.6. The Morgan fingerprint density at radius 1 is 0.944 bits per heavy atom. The quantitative estimate of drug-likeness (QED) is 0.507. The molecular weight excluding hydrogens is 254 g/mol. The van der Waals surface area contributed by atoms with Gasteiger partial charge in [0.15, 0.2) is 0 Å². The van der Waals surface area contributed by atoms with Gasteiger partial charge in [-0.3, -0.25) is 41.0 Å². The Kier molecular flexibility index (Phi) is 3.65. The zero-order valence-corrected chi connectivity index (χ0v) is 8.39. The summed E-state index contributed by atoms with van der Waals surface area (Å²) in [7, 11) is 0. The molecule has 3 N–H and O–H groups in total. The first-order valence-corrected chi connectivity index (χ1v) is 4.14. The Labute approximate surface area is 97.2 Å². The number of hydrogen-bond donors (Lipinski definition) is 3. The van der Waals surface area contributed by atoms with Crippen molar-refractivity contribution in [1.29, 1.82) is 0 Å². The van der Waals surface area contributed by atoms with E-state index < -0.39 is 37.5 Å². The van der Waals surface area contributed by atoms with Gasteiger partial charge in [-0.05, 0) is 0 Å². The molecule has 0 unspecified atom stereocenters. The van der Waals surface area contributed by atoms with Crippen LogP contribution in [0.4, 0.5) is 22.7 Å². The van der Waals surface area contributed by atoms with E-state index in [9.17, 15) is 30.3 Å². The van der Waals surface area contributed by atoms with E-state index in [1.807, 2.05) is 0 Å². The van der Waals surface area contributed by atoms with Crippen molar-refractivity contribution in [2.24, 2.45) is 0 Å². The maximum Gasteiger partial charge on any atom is 0.307 e. The molecule has 12 heteroatoms. The van der Waals surface area contributed by atoms with Gasteiger partial charge >= 0.3 is 11.4 Å². The van der Waals surface area contributed by atoms with Crippen molar-refractivity contribution in [2.45, 2.75) is 0 Å². The van der Waals surface area contributed by atoms with Crippen molar-refractivity contribution in [3.63, 3.8) is 0 Å². The predicted molar refractivity (Wildman–Crippen MR) is 55.0 cm³/mol. The highest BCUT2D eigenvalue weighted by Crippen LogP contribution is 2.37. The Morgan fingerprint density at radius 3 is 1.67 bits per heavy atom. The highest BCUT2D eigenvalue weighted by Gasteiger charge is 2.30. The number of hydrogen-bond acceptors (Lipinski definition) is 9. The lowest BCUT2D eigenvalue weighted by Crippen LogP contribution is -2.18. The summed E-state index contributed by atoms with van der Waals surface area (Å²) in [6, 6.07) is 1.07. The van der Waals surface area contributed by atoms with Crippen molar-refractivity contribution >= 4 is 22.7 Å². The van der Waals surface area contributed by atoms with Crippen LogP contribution in [-0.4, -0.2) is 20.0 Å². The first-order valence-electron chi connectivity index (χ1n) is 4.14. The number of anilines is 1. The fourth-order valence-electron chi connectivity index (χ4n) is 1.17. The smallest absolute Gasteiger partial charge is 0.297 e. The molecule has 0 aliphatic carbocycles. The van der Waals surface area contributed by atoms with Crippen LogP contribution in [0.1, 0.15) is 0 Å². The van der Waals surface area contributed by atoms with E-state index in [1.165, 1.54) is 5.59 Å². The van der Waals surface area contributed by atoms with E-state index in [2.05, 4.69) is 0 Å². The highest BCUT2D eigenvalue weighted by molar-refractivity contribution is 5.76. The summed E-state index contributed by atoms with van der Waals surface area (Å²) >= 11 is 0. The number of nitrogens with zero attached hydrogens (tertiary/aromatic N) is 3. The van der Waals surface area contributed by atoms with Gasteiger partial charge in [0.2, 0.25) is 5.69 Å². The third-order valence-electron chi connectivity index (χ3n) is 1.87. The van der Waals surface area contributed by atoms with E-state index in [0.717, 1.165) is 0 Å². The summed E-state index contributed by atoms with van der Waals surface area (Å²) in [5, 5.41) is 40.2. The first-order chi connectivity index (χ1) is 8.38. The van der Waals surface area contributed by atoms with Crippen molar-refractivity contribution in [2.75, 3.05) is 5.43 Å². The molecule has 0 heterocycles. The van der Waals surface area contributed by atoms with Crippen molar-refractivity contribution in [3.05, 3.63) is 42.5 Å². The number of nitro groups is 3. The number of benzene rings is 1. The normalized spacial score (nSPS) is 9.83. The van der Waals surface area contributed by atoms with E-state index in [4.69, 9.17) is 5.21 Å². The molecule has 0 amide bonds. The molecule has 0 bridgehead atoms. The largest absolute Gasteiger partial charge is 0.307 e. The number of nitrogens with one attached hydrogen (secondary N) is 2. The number of non-ortho nitro benzene ring substituents is 1. The maximum absolute atomic E-state index is 10.7. The van der Waals surface area contributed by atoms with Gasteiger partial charge < -0.3 is 0 Å². The van der Waals surface area contributed by atoms with Crippen molar-refractivity contribution in [1.82, 2.24) is 5.59 Å². The molecule has 1 rings (SSSR count). The summed E-state index contributed by atoms with van der Waals surface area (Å²) in [5.74, 6) is 0. The van der Waals surface area contributed by atoms with Crippen LogP contribution in [0.15, 0.2) is 12.1 Å². The van der Waals surface area contributed by atoms with Crippen LogP contribution in [-0.2, 0) is 0 Å². The molecule has 18 heavy (non-hydrogen) atoms. The van der Waals surface area contributed by atoms with E-state index in [0.29, 0.717) is 12.1 Å². The van der Waals surface area contributed by atoms with E-state index in [-0.39, 0.29) is 0 Å². The average molecular weight is 259 g/mol. The molecule has 0 aliphatic rings. The SMILES string of the molecule is O=[N+]([O-])c1cc([N+](=O)[O-])c(NNO)c([N+](=O)[O-])c1. The summed E-state index contributed by atoms with van der Waals surface area (Å²) in [5.41, 5.74) is -0.275. The maximum atomic E-state index is 10.7. The van der Waals surface area contributed by atoms with Crippen LogP contribution >= 0.6 is 0 Å². The van der Waals surface area contributed by atoms with E-state index in [1.54, 1.807) is 5.43 Å². The van der Waals surface area contributed by atoms with Crippen LogP contribution in [0.25, 0.3) is 0 Å². The van der Waals surface area contributed by atoms with Crippen LogP contribution in [0.5, 0.6) is 0 Å². The Balaban J connectivity index is 3.59. The molecule has 0 radical (unpaired) electrons. The molecule has 0 fully saturated rings. The van der Waals surface area contributed by atoms with Gasteiger partial charge in [0.25, 0.3) is 5.69 Å². The predicted octanol–water partition coefficient (Wildman–Crippen LogP) is 0.717. The first kappa shape index (κ1) is 13.2. The van der Waals surface area contributed by atoms with Crippen LogP contribution in [0.3, 0.4) is 0 Å². The van der Waals surface area contributed by atoms with Gasteiger partial charge in [-0.25, -0.2) is 0 Å². The molecule has 0 saturated carbocycles. The molecule has 0 aliphatic heterocycles. The van der Waals surface area contributed by atoms with Crippen LogP contribution in [0, 0.1) is 30.3 Å². The topological polar surface area (TPSA) is 174 Å². The summed E-state index contributed by atoms with van der Waals surface area (Å²) in [6.07, 6.45) is 0. The zero-order valence-electron chi connectivity index (χ0n) is 8.39. The molecule has 96 valence electrons. The second-order valence-electron chi connectivity index (χ2n) is 2.87. The average Bonchev–Trinajstić information content (AvgIpc) is 2.28. The van der Waals surface area contributed by atoms with E-state index >= 15 is 0 Å². The molecule has 0 aromatic heterocycles.